The van der Waals surface area contributed by atoms with Crippen molar-refractivity contribution in [3.8, 4) is 29.1 Å². The lowest BCUT2D eigenvalue weighted by Crippen LogP contribution is -2.21. The molecule has 0 saturated heterocycles. The minimum atomic E-state index is -0.535. The predicted molar refractivity (Wildman–Crippen MR) is 124 cm³/mol. The second kappa shape index (κ2) is 9.27. The molecule has 0 aromatic heterocycles. The summed E-state index contributed by atoms with van der Waals surface area (Å²) in [7, 11) is 3.11. The number of hydrogen-bond acceptors (Lipinski definition) is 7. The Morgan fingerprint density at radius 2 is 1.76 bits per heavy atom. The number of carbonyl (C=O) groups excluding carboxylic acids is 1. The predicted octanol–water partition coefficient (Wildman–Crippen LogP) is 4.90. The number of methoxy groups -OCH3 is 2. The molecule has 3 aromatic rings. The molecule has 33 heavy (non-hydrogen) atoms. The molecule has 0 amide bonds. The van der Waals surface area contributed by atoms with Crippen LogP contribution in [0.4, 0.5) is 0 Å². The van der Waals surface area contributed by atoms with Gasteiger partial charge in [0, 0.05) is 27.7 Å². The fourth-order valence-corrected chi connectivity index (χ4v) is 4.11. The van der Waals surface area contributed by atoms with Gasteiger partial charge in [-0.15, -0.1) is 0 Å². The van der Waals surface area contributed by atoms with Crippen molar-refractivity contribution in [3.05, 3.63) is 93.3 Å². The van der Waals surface area contributed by atoms with Crippen LogP contribution in [0.15, 0.2) is 76.6 Å². The molecule has 0 fully saturated rings. The van der Waals surface area contributed by atoms with Gasteiger partial charge in [-0.2, -0.15) is 5.26 Å². The molecule has 0 aliphatic carbocycles. The Labute approximate surface area is 199 Å². The molecule has 0 bridgehead atoms. The molecule has 1 unspecified atom stereocenters. The number of rotatable bonds is 5. The smallest absolute Gasteiger partial charge is 0.344 e. The lowest BCUT2D eigenvalue weighted by Gasteiger charge is -2.27. The Balaban J connectivity index is 1.74. The van der Waals surface area contributed by atoms with E-state index in [9.17, 15) is 10.1 Å². The first-order valence-electron chi connectivity index (χ1n) is 9.87. The molecular formula is C25H19BrN2O5. The van der Waals surface area contributed by atoms with Gasteiger partial charge in [-0.3, -0.25) is 0 Å². The SMILES string of the molecule is COc1ccc(C2C(C#N)=C(N)Oc3cc(OC(=O)c4ccccc4Br)ccc32)c(OC)c1. The van der Waals surface area contributed by atoms with Crippen LogP contribution in [0, 0.1) is 11.3 Å². The number of benzene rings is 3. The maximum absolute atomic E-state index is 12.6. The quantitative estimate of drug-likeness (QED) is 0.387. The highest BCUT2D eigenvalue weighted by atomic mass is 79.9. The summed E-state index contributed by atoms with van der Waals surface area (Å²) in [6, 6.07) is 19.4. The number of hydrogen-bond donors (Lipinski definition) is 1. The van der Waals surface area contributed by atoms with Gasteiger partial charge in [0.25, 0.3) is 0 Å². The zero-order valence-corrected chi connectivity index (χ0v) is 19.4. The fourth-order valence-electron chi connectivity index (χ4n) is 3.66. The molecule has 4 rings (SSSR count). The highest BCUT2D eigenvalue weighted by Crippen LogP contribution is 2.46. The largest absolute Gasteiger partial charge is 0.497 e. The van der Waals surface area contributed by atoms with Crippen LogP contribution in [0.2, 0.25) is 0 Å². The normalized spacial score (nSPS) is 14.5. The third-order valence-corrected chi connectivity index (χ3v) is 5.94. The first kappa shape index (κ1) is 22.2. The molecule has 7 nitrogen and oxygen atoms in total. The molecule has 1 atom stereocenters. The van der Waals surface area contributed by atoms with E-state index in [0.29, 0.717) is 32.8 Å². The topological polar surface area (TPSA) is 104 Å². The maximum atomic E-state index is 12.6. The Kier molecular flexibility index (Phi) is 6.24. The van der Waals surface area contributed by atoms with Crippen LogP contribution in [0.1, 0.15) is 27.4 Å². The van der Waals surface area contributed by atoms with Crippen molar-refractivity contribution in [2.75, 3.05) is 14.2 Å². The number of carbonyl (C=O) groups is 1. The van der Waals surface area contributed by atoms with Crippen LogP contribution in [-0.2, 0) is 0 Å². The number of nitrogens with zero attached hydrogens (tertiary/aromatic N) is 1. The van der Waals surface area contributed by atoms with Crippen LogP contribution in [0.25, 0.3) is 0 Å². The van der Waals surface area contributed by atoms with Crippen molar-refractivity contribution in [3.63, 3.8) is 0 Å². The van der Waals surface area contributed by atoms with E-state index in [1.165, 1.54) is 0 Å². The molecule has 1 aliphatic heterocycles. The van der Waals surface area contributed by atoms with E-state index in [1.807, 2.05) is 12.1 Å². The lowest BCUT2D eigenvalue weighted by molar-refractivity contribution is 0.0733. The molecular weight excluding hydrogens is 488 g/mol. The first-order chi connectivity index (χ1) is 16.0. The summed E-state index contributed by atoms with van der Waals surface area (Å²) in [6.45, 7) is 0. The van der Waals surface area contributed by atoms with Crippen molar-refractivity contribution < 1.29 is 23.7 Å². The van der Waals surface area contributed by atoms with E-state index < -0.39 is 11.9 Å². The van der Waals surface area contributed by atoms with Crippen molar-refractivity contribution in [2.24, 2.45) is 5.73 Å². The third-order valence-electron chi connectivity index (χ3n) is 5.25. The van der Waals surface area contributed by atoms with Gasteiger partial charge in [-0.1, -0.05) is 24.3 Å². The number of nitriles is 1. The number of nitrogens with two attached hydrogens (primary N) is 1. The van der Waals surface area contributed by atoms with E-state index in [-0.39, 0.29) is 17.2 Å². The van der Waals surface area contributed by atoms with Crippen LogP contribution in [-0.4, -0.2) is 20.2 Å². The van der Waals surface area contributed by atoms with Crippen LogP contribution in [0.5, 0.6) is 23.0 Å². The molecule has 0 spiro atoms. The lowest BCUT2D eigenvalue weighted by atomic mass is 9.83. The number of halogens is 1. The Bertz CT molecular complexity index is 1310. The molecule has 1 aliphatic rings. The Morgan fingerprint density at radius 1 is 1.03 bits per heavy atom. The van der Waals surface area contributed by atoms with Crippen molar-refractivity contribution >= 4 is 21.9 Å². The van der Waals surface area contributed by atoms with Crippen molar-refractivity contribution in [2.45, 2.75) is 5.92 Å². The summed E-state index contributed by atoms with van der Waals surface area (Å²) in [5, 5.41) is 9.80. The minimum absolute atomic E-state index is 0.0258. The monoisotopic (exact) mass is 506 g/mol. The average Bonchev–Trinajstić information content (AvgIpc) is 2.82. The standard InChI is InChI=1S/C25H19BrN2O5/c1-30-14-7-9-17(21(11-14)31-2)23-18-10-8-15(12-22(18)33-24(28)19(23)13-27)32-25(29)16-5-3-4-6-20(16)26/h3-12,23H,28H2,1-2H3. The third kappa shape index (κ3) is 4.23. The number of ether oxygens (including phenoxy) is 4. The number of allylic oxidation sites excluding steroid dienone is 1. The van der Waals surface area contributed by atoms with Crippen LogP contribution >= 0.6 is 15.9 Å². The summed E-state index contributed by atoms with van der Waals surface area (Å²) in [5.41, 5.74) is 8.15. The van der Waals surface area contributed by atoms with Gasteiger partial charge in [0.2, 0.25) is 5.88 Å². The second-order valence-electron chi connectivity index (χ2n) is 7.10. The molecule has 2 N–H and O–H groups in total. The van der Waals surface area contributed by atoms with Gasteiger partial charge in [-0.25, -0.2) is 4.79 Å². The molecule has 8 heteroatoms. The second-order valence-corrected chi connectivity index (χ2v) is 7.96. The van der Waals surface area contributed by atoms with Crippen molar-refractivity contribution in [1.29, 1.82) is 5.26 Å². The summed E-state index contributed by atoms with van der Waals surface area (Å²) in [4.78, 5) is 12.6. The molecule has 0 saturated carbocycles. The average molecular weight is 507 g/mol. The van der Waals surface area contributed by atoms with Gasteiger partial charge < -0.3 is 24.7 Å². The zero-order chi connectivity index (χ0) is 23.5. The van der Waals surface area contributed by atoms with E-state index >= 15 is 0 Å². The summed E-state index contributed by atoms with van der Waals surface area (Å²) in [6.07, 6.45) is 0. The van der Waals surface area contributed by atoms with E-state index in [1.54, 1.807) is 62.8 Å². The number of fused-ring (bicyclic) bond motifs is 1. The fraction of sp³-hybridized carbons (Fsp3) is 0.120. The molecule has 166 valence electrons. The van der Waals surface area contributed by atoms with Gasteiger partial charge in [-0.05, 0) is 40.2 Å². The highest BCUT2D eigenvalue weighted by molar-refractivity contribution is 9.10. The van der Waals surface area contributed by atoms with Gasteiger partial charge in [0.1, 0.15) is 34.6 Å². The van der Waals surface area contributed by atoms with Gasteiger partial charge in [0.15, 0.2) is 0 Å². The zero-order valence-electron chi connectivity index (χ0n) is 17.8. The van der Waals surface area contributed by atoms with E-state index in [0.717, 1.165) is 5.56 Å². The Hall–Kier alpha value is -3.96. The van der Waals surface area contributed by atoms with E-state index in [2.05, 4.69) is 22.0 Å². The molecule has 1 heterocycles. The first-order valence-corrected chi connectivity index (χ1v) is 10.7. The molecule has 0 radical (unpaired) electrons. The summed E-state index contributed by atoms with van der Waals surface area (Å²) < 4.78 is 22.7. The maximum Gasteiger partial charge on any atom is 0.344 e. The van der Waals surface area contributed by atoms with Gasteiger partial charge in [0.05, 0.1) is 25.7 Å². The van der Waals surface area contributed by atoms with Crippen LogP contribution in [0.3, 0.4) is 0 Å². The number of esters is 1. The van der Waals surface area contributed by atoms with E-state index in [4.69, 9.17) is 24.7 Å². The van der Waals surface area contributed by atoms with Crippen LogP contribution < -0.4 is 24.7 Å². The van der Waals surface area contributed by atoms with Crippen molar-refractivity contribution in [1.82, 2.24) is 0 Å². The minimum Gasteiger partial charge on any atom is -0.497 e. The highest BCUT2D eigenvalue weighted by Gasteiger charge is 2.33. The molecule has 3 aromatic carbocycles. The Morgan fingerprint density at radius 3 is 2.45 bits per heavy atom. The summed E-state index contributed by atoms with van der Waals surface area (Å²) in [5.74, 6) is 0.738. The van der Waals surface area contributed by atoms with Gasteiger partial charge >= 0.3 is 5.97 Å². The summed E-state index contributed by atoms with van der Waals surface area (Å²) >= 11 is 3.35.